The Hall–Kier alpha value is -3.42. The number of nitrogens with two attached hydrogens (primary N) is 1. The van der Waals surface area contributed by atoms with Gasteiger partial charge >= 0.3 is 0 Å². The van der Waals surface area contributed by atoms with Crippen molar-refractivity contribution >= 4 is 37.3 Å². The Bertz CT molecular complexity index is 1640. The molecule has 0 aliphatic heterocycles. The van der Waals surface area contributed by atoms with Crippen LogP contribution in [0.15, 0.2) is 10.1 Å². The first-order valence-corrected chi connectivity index (χ1v) is 20.5. The molecule has 3 aliphatic rings. The maximum atomic E-state index is 15.5. The summed E-state index contributed by atoms with van der Waals surface area (Å²) in [6.45, 7) is 15.1. The van der Waals surface area contributed by atoms with Crippen molar-refractivity contribution in [2.24, 2.45) is 11.8 Å². The van der Waals surface area contributed by atoms with Gasteiger partial charge < -0.3 is 34.2 Å². The Kier molecular flexibility index (Phi) is 10.1. The van der Waals surface area contributed by atoms with Gasteiger partial charge in [-0.2, -0.15) is 0 Å². The van der Waals surface area contributed by atoms with Gasteiger partial charge in [-0.1, -0.05) is 47.5 Å². The topological polar surface area (TPSA) is 153 Å². The molecule has 1 fully saturated rings. The summed E-state index contributed by atoms with van der Waals surface area (Å²) in [5.41, 5.74) is 5.94. The van der Waals surface area contributed by atoms with Crippen molar-refractivity contribution in [2.75, 3.05) is 52.0 Å². The third kappa shape index (κ3) is 5.95. The van der Waals surface area contributed by atoms with E-state index in [9.17, 15) is 5.11 Å². The number of aromatic nitrogens is 2. The number of rotatable bonds is 12. The fraction of sp³-hybridized carbons (Fsp3) is 0.667. The predicted octanol–water partition coefficient (Wildman–Crippen LogP) is 6.37. The third-order valence-corrected chi connectivity index (χ3v) is 15.3. The Balaban J connectivity index is 1.80. The van der Waals surface area contributed by atoms with Gasteiger partial charge in [0, 0.05) is 31.1 Å². The van der Waals surface area contributed by atoms with Gasteiger partial charge in [-0.05, 0) is 69.0 Å². The number of aliphatic hydroxyl groups is 1. The van der Waals surface area contributed by atoms with Crippen LogP contribution in [0.4, 0.5) is 11.6 Å². The summed E-state index contributed by atoms with van der Waals surface area (Å²) in [5.74, 6) is -0.965. The van der Waals surface area contributed by atoms with Crippen LogP contribution in [0.5, 0.6) is 11.6 Å². The lowest BCUT2D eigenvalue weighted by Gasteiger charge is -2.55. The predicted molar refractivity (Wildman–Crippen MR) is 192 cm³/mol. The normalized spacial score (nSPS) is 23.6. The molecule has 0 unspecified atom stereocenters. The van der Waals surface area contributed by atoms with Gasteiger partial charge in [0.1, 0.15) is 17.1 Å². The summed E-state index contributed by atoms with van der Waals surface area (Å²) in [5, 5.41) is 16.2. The van der Waals surface area contributed by atoms with Crippen LogP contribution in [0, 0.1) is 11.8 Å². The van der Waals surface area contributed by atoms with E-state index < -0.39 is 43.4 Å². The van der Waals surface area contributed by atoms with Gasteiger partial charge in [-0.15, -0.1) is 0 Å². The average molecular weight is 698 g/mol. The number of aliphatic hydroxyl groups excluding tert-OH is 1. The molecule has 270 valence electrons. The first kappa shape index (κ1) is 36.8. The van der Waals surface area contributed by atoms with E-state index in [1.165, 1.54) is 0 Å². The Morgan fingerprint density at radius 1 is 1.02 bits per heavy atom. The molecular weight excluding hydrogens is 643 g/mol. The maximum absolute atomic E-state index is 15.5. The highest BCUT2D eigenvalue weighted by molar-refractivity contribution is 6.74. The molecule has 2 aromatic rings. The monoisotopic (exact) mass is 697 g/mol. The molecule has 5 rings (SSSR count). The van der Waals surface area contributed by atoms with Crippen molar-refractivity contribution < 1.29 is 33.1 Å². The Labute approximate surface area is 291 Å². The number of carbonyl (C=O) groups is 2. The summed E-state index contributed by atoms with van der Waals surface area (Å²) in [6.07, 6.45) is 4.08. The van der Waals surface area contributed by atoms with Crippen LogP contribution in [0.25, 0.3) is 5.76 Å². The van der Waals surface area contributed by atoms with Crippen LogP contribution >= 0.6 is 0 Å². The number of hydrogen-bond acceptors (Lipinski definition) is 12. The molecule has 12 nitrogen and oxygen atoms in total. The summed E-state index contributed by atoms with van der Waals surface area (Å²) in [7, 11) is 4.71. The Morgan fingerprint density at radius 3 is 2.22 bits per heavy atom. The number of ether oxygens (including phenoxy) is 2. The molecule has 1 saturated carbocycles. The molecule has 0 bridgehead atoms. The lowest BCUT2D eigenvalue weighted by molar-refractivity contribution is -0.140. The van der Waals surface area contributed by atoms with Crippen molar-refractivity contribution in [3.05, 3.63) is 28.0 Å². The average Bonchev–Trinajstić information content (AvgIpc) is 3.42. The minimum absolute atomic E-state index is 0.0696. The molecule has 0 aromatic carbocycles. The smallest absolute Gasteiger partial charge is 0.265 e. The zero-order chi connectivity index (χ0) is 36.2. The molecule has 3 aliphatic carbocycles. The SMILES string of the molecule is CCCCOc1noc2c1C(=O)[C@@]1(O[Si](C)(C)C(C)(C)C)C(=O)C3=C(O)c4c(c(N(C)C)nc(N)c4OCCCC)C[C@H]3C[C@H]1[C@@H]2N(C)C. The number of anilines is 2. The fourth-order valence-corrected chi connectivity index (χ4v) is 8.77. The molecule has 4 atom stereocenters. The molecule has 0 spiro atoms. The number of pyridine rings is 1. The summed E-state index contributed by atoms with van der Waals surface area (Å²) >= 11 is 0. The van der Waals surface area contributed by atoms with Crippen LogP contribution in [-0.4, -0.2) is 87.0 Å². The number of hydrogen-bond donors (Lipinski definition) is 2. The second-order valence-electron chi connectivity index (χ2n) is 15.7. The molecule has 0 amide bonds. The lowest BCUT2D eigenvalue weighted by Crippen LogP contribution is -2.68. The number of ketones is 2. The number of fused-ring (bicyclic) bond motifs is 4. The molecule has 49 heavy (non-hydrogen) atoms. The molecule has 3 N–H and O–H groups in total. The van der Waals surface area contributed by atoms with E-state index in [0.717, 1.165) is 31.2 Å². The van der Waals surface area contributed by atoms with Gasteiger partial charge in [0.25, 0.3) is 5.88 Å². The zero-order valence-corrected chi connectivity index (χ0v) is 32.2. The van der Waals surface area contributed by atoms with E-state index in [0.29, 0.717) is 43.2 Å². The number of nitrogen functional groups attached to an aromatic ring is 1. The van der Waals surface area contributed by atoms with E-state index in [1.807, 2.05) is 58.0 Å². The standard InChI is InChI=1S/C36H55N5O7Si/c1-12-14-16-45-29-24-21(33(41(8)9)38-32(29)37)18-20-19-22-26(40(6)7)28-25(34(39-47-28)46-17-15-13-2)31(44)36(22,30(43)23(20)27(24)42)48-49(10,11)35(3,4)5/h20,22,26,42H,12-19H2,1-11H3,(H2,37,38)/t20-,22-,26-,36-/m0/s1. The lowest BCUT2D eigenvalue weighted by atomic mass is 9.57. The molecule has 2 aromatic heterocycles. The highest BCUT2D eigenvalue weighted by Crippen LogP contribution is 2.59. The first-order valence-electron chi connectivity index (χ1n) is 17.6. The highest BCUT2D eigenvalue weighted by atomic mass is 28.4. The van der Waals surface area contributed by atoms with Gasteiger partial charge in [0.15, 0.2) is 31.2 Å². The van der Waals surface area contributed by atoms with Gasteiger partial charge in [-0.25, -0.2) is 4.98 Å². The molecule has 13 heteroatoms. The van der Waals surface area contributed by atoms with E-state index in [1.54, 1.807) is 0 Å². The second kappa shape index (κ2) is 13.4. The van der Waals surface area contributed by atoms with Crippen LogP contribution in [0.2, 0.25) is 18.1 Å². The number of Topliss-reactive ketones (excluding diaryl/α,β-unsaturated/α-hetero) is 2. The maximum Gasteiger partial charge on any atom is 0.265 e. The highest BCUT2D eigenvalue weighted by Gasteiger charge is 2.69. The van der Waals surface area contributed by atoms with Crippen molar-refractivity contribution in [1.82, 2.24) is 15.0 Å². The Morgan fingerprint density at radius 2 is 1.65 bits per heavy atom. The first-order chi connectivity index (χ1) is 22.9. The third-order valence-electron chi connectivity index (χ3n) is 10.8. The molecule has 0 radical (unpaired) electrons. The van der Waals surface area contributed by atoms with Gasteiger partial charge in [0.2, 0.25) is 11.6 Å². The fourth-order valence-electron chi connectivity index (χ4n) is 7.32. The van der Waals surface area contributed by atoms with E-state index >= 15 is 9.59 Å². The largest absolute Gasteiger partial charge is 0.507 e. The van der Waals surface area contributed by atoms with Gasteiger partial charge in [-0.3, -0.25) is 14.5 Å². The number of unbranched alkanes of at least 4 members (excludes halogenated alkanes) is 2. The zero-order valence-electron chi connectivity index (χ0n) is 31.2. The van der Waals surface area contributed by atoms with E-state index in [4.69, 9.17) is 24.2 Å². The van der Waals surface area contributed by atoms with E-state index in [-0.39, 0.29) is 39.4 Å². The molecule has 0 saturated heterocycles. The van der Waals surface area contributed by atoms with Crippen molar-refractivity contribution in [3.8, 4) is 11.6 Å². The van der Waals surface area contributed by atoms with Crippen LogP contribution in [0.1, 0.15) is 100 Å². The van der Waals surface area contributed by atoms with Crippen molar-refractivity contribution in [2.45, 2.75) is 103 Å². The number of nitrogens with zero attached hydrogens (tertiary/aromatic N) is 4. The van der Waals surface area contributed by atoms with E-state index in [2.05, 4.69) is 37.8 Å². The van der Waals surface area contributed by atoms with Crippen LogP contribution in [-0.2, 0) is 15.6 Å². The van der Waals surface area contributed by atoms with Gasteiger partial charge in [0.05, 0.1) is 24.8 Å². The summed E-state index contributed by atoms with van der Waals surface area (Å²) in [4.78, 5) is 39.3. The minimum Gasteiger partial charge on any atom is -0.507 e. The second-order valence-corrected chi connectivity index (χ2v) is 20.4. The van der Waals surface area contributed by atoms with Crippen molar-refractivity contribution in [3.63, 3.8) is 0 Å². The summed E-state index contributed by atoms with van der Waals surface area (Å²) < 4.78 is 25.3. The van der Waals surface area contributed by atoms with Crippen LogP contribution < -0.4 is 20.1 Å². The minimum atomic E-state index is -2.84. The summed E-state index contributed by atoms with van der Waals surface area (Å²) in [6, 6.07) is -0.534. The quantitative estimate of drug-likeness (QED) is 0.144. The van der Waals surface area contributed by atoms with Crippen LogP contribution in [0.3, 0.4) is 0 Å². The molecule has 2 heterocycles. The molecular formula is C36H55N5O7Si. The van der Waals surface area contributed by atoms with Crippen molar-refractivity contribution in [1.29, 1.82) is 0 Å². The number of carbonyl (C=O) groups excluding carboxylic acids is 2.